The smallest absolute Gasteiger partial charge is 0.0621 e. The molecule has 0 spiro atoms. The van der Waals surface area contributed by atoms with E-state index in [1.54, 1.807) is 0 Å². The van der Waals surface area contributed by atoms with Gasteiger partial charge in [-0.05, 0) is 30.7 Å². The van der Waals surface area contributed by atoms with Crippen molar-refractivity contribution >= 4 is 0 Å². The van der Waals surface area contributed by atoms with E-state index < -0.39 is 0 Å². The summed E-state index contributed by atoms with van der Waals surface area (Å²) < 4.78 is 0. The Kier molecular flexibility index (Phi) is 10.1. The third-order valence-corrected chi connectivity index (χ3v) is 3.40. The number of hydrogen-bond donors (Lipinski definition) is 1. The molecule has 0 saturated heterocycles. The minimum atomic E-state index is 0.257. The maximum Gasteiger partial charge on any atom is 0.0621 e. The number of unbranched alkanes of at least 4 members (excludes halogenated alkanes) is 3. The number of nitrogens with one attached hydrogen (secondary N) is 1. The standard InChI is InChI=1S/C16H32N2/c1-15(2)10-7-5-6-8-13-18-14-16(3,4)11-9-12-17/h15,18H,5-11,13-14H2,1-4H3. The molecule has 0 heterocycles. The minimum Gasteiger partial charge on any atom is -0.316 e. The molecule has 18 heavy (non-hydrogen) atoms. The lowest BCUT2D eigenvalue weighted by molar-refractivity contribution is 0.317. The van der Waals surface area contributed by atoms with Gasteiger partial charge in [0.2, 0.25) is 0 Å². The van der Waals surface area contributed by atoms with Crippen LogP contribution in [0.3, 0.4) is 0 Å². The molecule has 0 aliphatic rings. The van der Waals surface area contributed by atoms with Gasteiger partial charge < -0.3 is 5.32 Å². The monoisotopic (exact) mass is 252 g/mol. The maximum absolute atomic E-state index is 8.59. The van der Waals surface area contributed by atoms with Crippen molar-refractivity contribution in [3.8, 4) is 6.07 Å². The molecule has 0 aliphatic heterocycles. The number of rotatable bonds is 11. The van der Waals surface area contributed by atoms with Crippen molar-refractivity contribution in [2.45, 2.75) is 72.6 Å². The predicted molar refractivity (Wildman–Crippen MR) is 79.4 cm³/mol. The van der Waals surface area contributed by atoms with E-state index in [9.17, 15) is 0 Å². The SMILES string of the molecule is CC(C)CCCCCCNCC(C)(C)CCC#N. The third-order valence-electron chi connectivity index (χ3n) is 3.40. The highest BCUT2D eigenvalue weighted by molar-refractivity contribution is 4.78. The average Bonchev–Trinajstić information content (AvgIpc) is 2.29. The van der Waals surface area contributed by atoms with Gasteiger partial charge in [-0.15, -0.1) is 0 Å². The summed E-state index contributed by atoms with van der Waals surface area (Å²) in [6, 6.07) is 2.23. The zero-order valence-electron chi connectivity index (χ0n) is 12.9. The second-order valence-corrected chi connectivity index (χ2v) is 6.60. The average molecular weight is 252 g/mol. The van der Waals surface area contributed by atoms with Crippen molar-refractivity contribution in [2.24, 2.45) is 11.3 Å². The molecule has 0 atom stereocenters. The van der Waals surface area contributed by atoms with E-state index in [-0.39, 0.29) is 5.41 Å². The van der Waals surface area contributed by atoms with Crippen LogP contribution in [0.25, 0.3) is 0 Å². The van der Waals surface area contributed by atoms with Crippen LogP contribution in [0.2, 0.25) is 0 Å². The van der Waals surface area contributed by atoms with E-state index in [1.807, 2.05) is 0 Å². The summed E-state index contributed by atoms with van der Waals surface area (Å²) in [5, 5.41) is 12.1. The highest BCUT2D eigenvalue weighted by Gasteiger charge is 2.16. The van der Waals surface area contributed by atoms with Gasteiger partial charge in [0.1, 0.15) is 0 Å². The van der Waals surface area contributed by atoms with Gasteiger partial charge in [-0.1, -0.05) is 53.4 Å². The van der Waals surface area contributed by atoms with Crippen LogP contribution in [-0.2, 0) is 0 Å². The zero-order chi connectivity index (χ0) is 13.9. The van der Waals surface area contributed by atoms with Gasteiger partial charge in [-0.25, -0.2) is 0 Å². The highest BCUT2D eigenvalue weighted by atomic mass is 14.9. The Morgan fingerprint density at radius 2 is 1.78 bits per heavy atom. The van der Waals surface area contributed by atoms with E-state index in [4.69, 9.17) is 5.26 Å². The largest absolute Gasteiger partial charge is 0.316 e. The summed E-state index contributed by atoms with van der Waals surface area (Å²) in [7, 11) is 0. The van der Waals surface area contributed by atoms with Crippen LogP contribution in [0.4, 0.5) is 0 Å². The quantitative estimate of drug-likeness (QED) is 0.549. The molecular weight excluding hydrogens is 220 g/mol. The molecule has 0 radical (unpaired) electrons. The van der Waals surface area contributed by atoms with Crippen molar-refractivity contribution in [1.29, 1.82) is 5.26 Å². The summed E-state index contributed by atoms with van der Waals surface area (Å²) >= 11 is 0. The Morgan fingerprint density at radius 1 is 1.11 bits per heavy atom. The van der Waals surface area contributed by atoms with E-state index in [0.29, 0.717) is 6.42 Å². The lowest BCUT2D eigenvalue weighted by Gasteiger charge is -2.23. The van der Waals surface area contributed by atoms with Gasteiger partial charge in [-0.3, -0.25) is 0 Å². The molecular formula is C16H32N2. The molecule has 2 nitrogen and oxygen atoms in total. The van der Waals surface area contributed by atoms with Gasteiger partial charge in [0, 0.05) is 13.0 Å². The number of nitrogens with zero attached hydrogens (tertiary/aromatic N) is 1. The van der Waals surface area contributed by atoms with Crippen molar-refractivity contribution in [3.05, 3.63) is 0 Å². The van der Waals surface area contributed by atoms with Gasteiger partial charge in [0.05, 0.1) is 6.07 Å². The Hall–Kier alpha value is -0.550. The molecule has 0 rings (SSSR count). The van der Waals surface area contributed by atoms with Crippen LogP contribution in [-0.4, -0.2) is 13.1 Å². The van der Waals surface area contributed by atoms with E-state index in [0.717, 1.165) is 25.4 Å². The van der Waals surface area contributed by atoms with Gasteiger partial charge >= 0.3 is 0 Å². The van der Waals surface area contributed by atoms with Crippen LogP contribution < -0.4 is 5.32 Å². The van der Waals surface area contributed by atoms with Gasteiger partial charge in [0.15, 0.2) is 0 Å². The number of nitriles is 1. The zero-order valence-corrected chi connectivity index (χ0v) is 12.9. The first-order valence-corrected chi connectivity index (χ1v) is 7.55. The second-order valence-electron chi connectivity index (χ2n) is 6.60. The summed E-state index contributed by atoms with van der Waals surface area (Å²) in [5.74, 6) is 0.851. The number of hydrogen-bond acceptors (Lipinski definition) is 2. The summed E-state index contributed by atoms with van der Waals surface area (Å²) in [4.78, 5) is 0. The van der Waals surface area contributed by atoms with Gasteiger partial charge in [0.25, 0.3) is 0 Å². The normalized spacial score (nSPS) is 11.8. The minimum absolute atomic E-state index is 0.257. The highest BCUT2D eigenvalue weighted by Crippen LogP contribution is 2.20. The van der Waals surface area contributed by atoms with Crippen LogP contribution in [0, 0.1) is 22.7 Å². The van der Waals surface area contributed by atoms with Crippen LogP contribution in [0.5, 0.6) is 0 Å². The van der Waals surface area contributed by atoms with Crippen molar-refractivity contribution in [2.75, 3.05) is 13.1 Å². The third kappa shape index (κ3) is 11.9. The van der Waals surface area contributed by atoms with Crippen LogP contribution >= 0.6 is 0 Å². The molecule has 2 heteroatoms. The fraction of sp³-hybridized carbons (Fsp3) is 0.938. The van der Waals surface area contributed by atoms with E-state index >= 15 is 0 Å². The molecule has 0 fully saturated rings. The van der Waals surface area contributed by atoms with Crippen LogP contribution in [0.1, 0.15) is 72.6 Å². The Morgan fingerprint density at radius 3 is 2.39 bits per heavy atom. The summed E-state index contributed by atoms with van der Waals surface area (Å²) in [6.07, 6.45) is 8.41. The van der Waals surface area contributed by atoms with Crippen molar-refractivity contribution in [1.82, 2.24) is 5.32 Å². The summed E-state index contributed by atoms with van der Waals surface area (Å²) in [6.45, 7) is 11.2. The molecule has 0 amide bonds. The molecule has 0 aromatic rings. The molecule has 0 bridgehead atoms. The first-order chi connectivity index (χ1) is 8.48. The maximum atomic E-state index is 8.59. The Bertz CT molecular complexity index is 226. The Labute approximate surface area is 114 Å². The second kappa shape index (κ2) is 10.4. The molecule has 0 aromatic carbocycles. The molecule has 106 valence electrons. The first-order valence-electron chi connectivity index (χ1n) is 7.55. The molecule has 0 saturated carbocycles. The molecule has 0 unspecified atom stereocenters. The molecule has 1 N–H and O–H groups in total. The Balaban J connectivity index is 3.32. The van der Waals surface area contributed by atoms with Crippen LogP contribution in [0.15, 0.2) is 0 Å². The lowest BCUT2D eigenvalue weighted by Crippen LogP contribution is -2.30. The van der Waals surface area contributed by atoms with E-state index in [1.165, 1.54) is 32.1 Å². The summed E-state index contributed by atoms with van der Waals surface area (Å²) in [5.41, 5.74) is 0.257. The van der Waals surface area contributed by atoms with E-state index in [2.05, 4.69) is 39.1 Å². The topological polar surface area (TPSA) is 35.8 Å². The molecule has 0 aliphatic carbocycles. The molecule has 0 aromatic heterocycles. The fourth-order valence-corrected chi connectivity index (χ4v) is 2.07. The predicted octanol–water partition coefficient (Wildman–Crippen LogP) is 4.51. The van der Waals surface area contributed by atoms with Crippen molar-refractivity contribution < 1.29 is 0 Å². The first kappa shape index (κ1) is 17.4. The fourth-order valence-electron chi connectivity index (χ4n) is 2.07. The lowest BCUT2D eigenvalue weighted by atomic mass is 9.88. The van der Waals surface area contributed by atoms with Gasteiger partial charge in [-0.2, -0.15) is 5.26 Å². The van der Waals surface area contributed by atoms with Crippen molar-refractivity contribution in [3.63, 3.8) is 0 Å².